The van der Waals surface area contributed by atoms with Gasteiger partial charge in [0.2, 0.25) is 0 Å². The lowest BCUT2D eigenvalue weighted by molar-refractivity contribution is 1.48. The van der Waals surface area contributed by atoms with Crippen LogP contribution in [0.3, 0.4) is 0 Å². The van der Waals surface area contributed by atoms with Crippen molar-refractivity contribution >= 4 is 22.7 Å². The van der Waals surface area contributed by atoms with Crippen molar-refractivity contribution in [2.75, 3.05) is 0 Å². The van der Waals surface area contributed by atoms with Crippen molar-refractivity contribution in [1.82, 2.24) is 0 Å². The van der Waals surface area contributed by atoms with Crippen LogP contribution < -0.4 is 0 Å². The molecule has 0 saturated heterocycles. The summed E-state index contributed by atoms with van der Waals surface area (Å²) in [5.41, 5.74) is 3.02. The van der Waals surface area contributed by atoms with Gasteiger partial charge in [-0.2, -0.15) is 5.26 Å². The van der Waals surface area contributed by atoms with Crippen molar-refractivity contribution in [3.8, 4) is 27.0 Å². The van der Waals surface area contributed by atoms with Gasteiger partial charge in [0.1, 0.15) is 0 Å². The summed E-state index contributed by atoms with van der Waals surface area (Å²) in [5.74, 6) is 0. The van der Waals surface area contributed by atoms with Gasteiger partial charge in [-0.05, 0) is 40.6 Å². The third kappa shape index (κ3) is 1.97. The monoisotopic (exact) mass is 267 g/mol. The molecule has 1 nitrogen and oxygen atoms in total. The third-order valence-electron chi connectivity index (χ3n) is 2.71. The van der Waals surface area contributed by atoms with Crippen LogP contribution in [-0.2, 0) is 0 Å². The average molecular weight is 267 g/mol. The number of thiophene rings is 2. The Balaban J connectivity index is 2.13. The molecular formula is C15H9NS2. The van der Waals surface area contributed by atoms with Gasteiger partial charge in [-0.1, -0.05) is 18.2 Å². The van der Waals surface area contributed by atoms with Crippen LogP contribution in [0.5, 0.6) is 0 Å². The molecule has 0 amide bonds. The first-order chi connectivity index (χ1) is 8.88. The smallest absolute Gasteiger partial charge is 0.0991 e. The summed E-state index contributed by atoms with van der Waals surface area (Å²) in [7, 11) is 0. The molecule has 0 aliphatic carbocycles. The SMILES string of the molecule is N#Cc1cccc(-c2ccsc2-c2cccs2)c1. The van der Waals surface area contributed by atoms with Gasteiger partial charge < -0.3 is 0 Å². The molecule has 0 aliphatic heterocycles. The topological polar surface area (TPSA) is 23.8 Å². The van der Waals surface area contributed by atoms with E-state index in [0.717, 1.165) is 5.56 Å². The van der Waals surface area contributed by atoms with Crippen molar-refractivity contribution in [3.05, 3.63) is 58.8 Å². The molecule has 0 atom stereocenters. The number of benzene rings is 1. The van der Waals surface area contributed by atoms with Gasteiger partial charge in [-0.25, -0.2) is 0 Å². The van der Waals surface area contributed by atoms with Gasteiger partial charge in [0.05, 0.1) is 16.5 Å². The van der Waals surface area contributed by atoms with Gasteiger partial charge >= 0.3 is 0 Å². The standard InChI is InChI=1S/C15H9NS2/c16-10-11-3-1-4-12(9-11)13-6-8-18-15(13)14-5-2-7-17-14/h1-9H. The molecule has 0 fully saturated rings. The highest BCUT2D eigenvalue weighted by molar-refractivity contribution is 7.20. The molecule has 0 N–H and O–H groups in total. The zero-order valence-electron chi connectivity index (χ0n) is 9.46. The maximum absolute atomic E-state index is 8.97. The molecule has 3 aromatic rings. The van der Waals surface area contributed by atoms with Crippen molar-refractivity contribution in [3.63, 3.8) is 0 Å². The van der Waals surface area contributed by atoms with Crippen LogP contribution in [0.15, 0.2) is 53.2 Å². The lowest BCUT2D eigenvalue weighted by atomic mass is 10.0. The second-order valence-electron chi connectivity index (χ2n) is 3.83. The maximum Gasteiger partial charge on any atom is 0.0991 e. The van der Waals surface area contributed by atoms with Crippen molar-refractivity contribution < 1.29 is 0 Å². The Bertz CT molecular complexity index is 702. The number of nitrogens with zero attached hydrogens (tertiary/aromatic N) is 1. The number of rotatable bonds is 2. The summed E-state index contributed by atoms with van der Waals surface area (Å²) in [5, 5.41) is 13.2. The number of nitriles is 1. The fraction of sp³-hybridized carbons (Fsp3) is 0. The van der Waals surface area contributed by atoms with Crippen LogP contribution in [0.25, 0.3) is 20.9 Å². The van der Waals surface area contributed by atoms with Gasteiger partial charge in [-0.3, -0.25) is 0 Å². The van der Waals surface area contributed by atoms with Crippen LogP contribution in [0.2, 0.25) is 0 Å². The molecule has 0 saturated carbocycles. The van der Waals surface area contributed by atoms with E-state index in [2.05, 4.69) is 41.1 Å². The van der Waals surface area contributed by atoms with Crippen molar-refractivity contribution in [2.24, 2.45) is 0 Å². The predicted octanol–water partition coefficient (Wildman–Crippen LogP) is 5.02. The first-order valence-electron chi connectivity index (χ1n) is 5.50. The first kappa shape index (κ1) is 11.2. The molecule has 0 spiro atoms. The van der Waals surface area contributed by atoms with E-state index in [1.807, 2.05) is 18.2 Å². The van der Waals surface area contributed by atoms with E-state index in [4.69, 9.17) is 5.26 Å². The lowest BCUT2D eigenvalue weighted by Gasteiger charge is -2.02. The van der Waals surface area contributed by atoms with E-state index < -0.39 is 0 Å². The molecule has 0 radical (unpaired) electrons. The Labute approximate surface area is 114 Å². The Morgan fingerprint density at radius 2 is 1.89 bits per heavy atom. The zero-order valence-corrected chi connectivity index (χ0v) is 11.1. The fourth-order valence-corrected chi connectivity index (χ4v) is 3.70. The van der Waals surface area contributed by atoms with Crippen LogP contribution in [0.4, 0.5) is 0 Å². The van der Waals surface area contributed by atoms with Crippen LogP contribution in [-0.4, -0.2) is 0 Å². The Morgan fingerprint density at radius 3 is 2.67 bits per heavy atom. The number of hydrogen-bond donors (Lipinski definition) is 0. The highest BCUT2D eigenvalue weighted by atomic mass is 32.1. The molecule has 0 bridgehead atoms. The molecular weight excluding hydrogens is 258 g/mol. The van der Waals surface area contributed by atoms with Crippen LogP contribution in [0, 0.1) is 11.3 Å². The maximum atomic E-state index is 8.97. The van der Waals surface area contributed by atoms with E-state index in [1.54, 1.807) is 22.7 Å². The highest BCUT2D eigenvalue weighted by Crippen LogP contribution is 2.38. The quantitative estimate of drug-likeness (QED) is 0.640. The molecule has 3 heteroatoms. The molecule has 0 aliphatic rings. The van der Waals surface area contributed by atoms with Crippen LogP contribution >= 0.6 is 22.7 Å². The molecule has 0 unspecified atom stereocenters. The second-order valence-corrected chi connectivity index (χ2v) is 5.70. The van der Waals surface area contributed by atoms with Gasteiger partial charge in [0.25, 0.3) is 0 Å². The molecule has 3 rings (SSSR count). The van der Waals surface area contributed by atoms with E-state index in [0.29, 0.717) is 5.56 Å². The van der Waals surface area contributed by atoms with Crippen LogP contribution in [0.1, 0.15) is 5.56 Å². The van der Waals surface area contributed by atoms with E-state index >= 15 is 0 Å². The largest absolute Gasteiger partial charge is 0.192 e. The first-order valence-corrected chi connectivity index (χ1v) is 7.26. The Hall–Kier alpha value is -1.89. The third-order valence-corrected chi connectivity index (χ3v) is 4.68. The lowest BCUT2D eigenvalue weighted by Crippen LogP contribution is -1.79. The summed E-state index contributed by atoms with van der Waals surface area (Å²) >= 11 is 3.49. The van der Waals surface area contributed by atoms with E-state index in [9.17, 15) is 0 Å². The predicted molar refractivity (Wildman–Crippen MR) is 77.8 cm³/mol. The number of hydrogen-bond acceptors (Lipinski definition) is 3. The minimum absolute atomic E-state index is 0.704. The molecule has 2 aromatic heterocycles. The second kappa shape index (κ2) is 4.77. The minimum Gasteiger partial charge on any atom is -0.192 e. The summed E-state index contributed by atoms with van der Waals surface area (Å²) < 4.78 is 0. The minimum atomic E-state index is 0.704. The molecule has 2 heterocycles. The summed E-state index contributed by atoms with van der Waals surface area (Å²) in [6.07, 6.45) is 0. The van der Waals surface area contributed by atoms with E-state index in [1.165, 1.54) is 15.3 Å². The average Bonchev–Trinajstić information content (AvgIpc) is 3.09. The summed E-state index contributed by atoms with van der Waals surface area (Å²) in [6.45, 7) is 0. The molecule has 18 heavy (non-hydrogen) atoms. The van der Waals surface area contributed by atoms with Gasteiger partial charge in [0.15, 0.2) is 0 Å². The fourth-order valence-electron chi connectivity index (χ4n) is 1.89. The van der Waals surface area contributed by atoms with Gasteiger partial charge in [-0.15, -0.1) is 22.7 Å². The van der Waals surface area contributed by atoms with Crippen molar-refractivity contribution in [2.45, 2.75) is 0 Å². The van der Waals surface area contributed by atoms with Gasteiger partial charge in [0, 0.05) is 10.4 Å². The normalized spacial score (nSPS) is 10.2. The van der Waals surface area contributed by atoms with E-state index in [-0.39, 0.29) is 0 Å². The molecule has 1 aromatic carbocycles. The Kier molecular flexibility index (Phi) is 2.97. The van der Waals surface area contributed by atoms with Crippen molar-refractivity contribution in [1.29, 1.82) is 5.26 Å². The highest BCUT2D eigenvalue weighted by Gasteiger charge is 2.10. The summed E-state index contributed by atoms with van der Waals surface area (Å²) in [4.78, 5) is 2.56. The Morgan fingerprint density at radius 1 is 0.944 bits per heavy atom. The summed E-state index contributed by atoms with van der Waals surface area (Å²) in [6, 6.07) is 16.3. The zero-order chi connectivity index (χ0) is 12.4. The molecule has 86 valence electrons.